The third kappa shape index (κ3) is 6.77. The minimum Gasteiger partial charge on any atom is -0.453 e. The second-order valence-corrected chi connectivity index (χ2v) is 7.09. The molecule has 0 aromatic heterocycles. The maximum absolute atomic E-state index is 11.8. The van der Waals surface area contributed by atoms with Gasteiger partial charge in [0.05, 0.1) is 7.11 Å². The Labute approximate surface area is 173 Å². The molecule has 3 rings (SSSR count). The Morgan fingerprint density at radius 3 is 1.69 bits per heavy atom. The lowest BCUT2D eigenvalue weighted by molar-refractivity contribution is 0.150. The smallest absolute Gasteiger partial charge is 0.406 e. The summed E-state index contributed by atoms with van der Waals surface area (Å²) in [6.07, 6.45) is 0.437. The second-order valence-electron chi connectivity index (χ2n) is 7.09. The van der Waals surface area contributed by atoms with Crippen LogP contribution in [0.3, 0.4) is 0 Å². The number of carbonyl (C=O) groups excluding carboxylic acids is 1. The quantitative estimate of drug-likeness (QED) is 0.580. The Balaban J connectivity index is 1.85. The van der Waals surface area contributed by atoms with E-state index in [4.69, 9.17) is 4.74 Å². The minimum absolute atomic E-state index is 0.122. The summed E-state index contributed by atoms with van der Waals surface area (Å²) in [6.45, 7) is 2.12. The first kappa shape index (κ1) is 20.6. The van der Waals surface area contributed by atoms with E-state index in [-0.39, 0.29) is 6.04 Å². The molecule has 1 amide bonds. The molecule has 150 valence electrons. The van der Waals surface area contributed by atoms with Crippen molar-refractivity contribution in [1.82, 2.24) is 10.2 Å². The first-order valence-electron chi connectivity index (χ1n) is 9.92. The van der Waals surface area contributed by atoms with Crippen molar-refractivity contribution in [3.8, 4) is 0 Å². The van der Waals surface area contributed by atoms with E-state index < -0.39 is 6.09 Å². The molecule has 1 N–H and O–H groups in total. The molecule has 0 aliphatic carbocycles. The third-order valence-corrected chi connectivity index (χ3v) is 4.95. The van der Waals surface area contributed by atoms with Crippen LogP contribution in [-0.2, 0) is 24.2 Å². The zero-order chi connectivity index (χ0) is 20.3. The van der Waals surface area contributed by atoms with Gasteiger partial charge in [-0.1, -0.05) is 91.0 Å². The van der Waals surface area contributed by atoms with Crippen LogP contribution < -0.4 is 5.32 Å². The Morgan fingerprint density at radius 1 is 0.793 bits per heavy atom. The number of alkyl carbamates (subject to hydrolysis) is 1. The summed E-state index contributed by atoms with van der Waals surface area (Å²) in [5.41, 5.74) is 3.74. The fourth-order valence-corrected chi connectivity index (χ4v) is 3.44. The van der Waals surface area contributed by atoms with Crippen LogP contribution >= 0.6 is 0 Å². The van der Waals surface area contributed by atoms with E-state index in [0.717, 1.165) is 19.5 Å². The van der Waals surface area contributed by atoms with Gasteiger partial charge in [0.1, 0.15) is 0 Å². The van der Waals surface area contributed by atoms with Gasteiger partial charge in [0, 0.05) is 25.7 Å². The van der Waals surface area contributed by atoms with Gasteiger partial charge in [-0.2, -0.15) is 0 Å². The number of benzene rings is 3. The van der Waals surface area contributed by atoms with Crippen molar-refractivity contribution in [2.24, 2.45) is 0 Å². The molecular formula is C25H28N2O2. The predicted molar refractivity (Wildman–Crippen MR) is 116 cm³/mol. The molecule has 0 aliphatic rings. The normalized spacial score (nSPS) is 11.8. The largest absolute Gasteiger partial charge is 0.453 e. The number of nitrogens with zero attached hydrogens (tertiary/aromatic N) is 1. The van der Waals surface area contributed by atoms with Gasteiger partial charge in [-0.15, -0.1) is 0 Å². The lowest BCUT2D eigenvalue weighted by Gasteiger charge is -2.32. The first-order chi connectivity index (χ1) is 14.2. The predicted octanol–water partition coefficient (Wildman–Crippen LogP) is 4.66. The topological polar surface area (TPSA) is 41.6 Å². The van der Waals surface area contributed by atoms with Crippen molar-refractivity contribution < 1.29 is 9.53 Å². The summed E-state index contributed by atoms with van der Waals surface area (Å²) in [4.78, 5) is 14.2. The molecular weight excluding hydrogens is 360 g/mol. The maximum atomic E-state index is 11.8. The van der Waals surface area contributed by atoms with Crippen LogP contribution in [0.4, 0.5) is 4.79 Å². The van der Waals surface area contributed by atoms with Gasteiger partial charge < -0.3 is 10.1 Å². The van der Waals surface area contributed by atoms with Crippen LogP contribution in [0.1, 0.15) is 16.7 Å². The monoisotopic (exact) mass is 388 g/mol. The van der Waals surface area contributed by atoms with E-state index in [2.05, 4.69) is 83.0 Å². The van der Waals surface area contributed by atoms with E-state index in [0.29, 0.717) is 6.54 Å². The van der Waals surface area contributed by atoms with Crippen molar-refractivity contribution in [1.29, 1.82) is 0 Å². The van der Waals surface area contributed by atoms with Gasteiger partial charge in [-0.25, -0.2) is 4.79 Å². The Bertz CT molecular complexity index is 812. The van der Waals surface area contributed by atoms with E-state index in [9.17, 15) is 4.79 Å². The lowest BCUT2D eigenvalue weighted by Crippen LogP contribution is -2.44. The standard InChI is InChI=1S/C25H28N2O2/c1-29-25(28)26-18-24(17-21-11-5-2-6-12-21)27(19-22-13-7-3-8-14-22)20-23-15-9-4-10-16-23/h2-16,24H,17-20H2,1H3,(H,26,28)/t24-/m0/s1. The average Bonchev–Trinajstić information content (AvgIpc) is 2.78. The van der Waals surface area contributed by atoms with Gasteiger partial charge in [-0.05, 0) is 23.1 Å². The molecule has 4 nitrogen and oxygen atoms in total. The summed E-state index contributed by atoms with van der Waals surface area (Å²) in [6, 6.07) is 31.4. The highest BCUT2D eigenvalue weighted by atomic mass is 16.5. The Hall–Kier alpha value is -3.11. The van der Waals surface area contributed by atoms with Crippen LogP contribution in [0, 0.1) is 0 Å². The number of hydrogen-bond acceptors (Lipinski definition) is 3. The molecule has 3 aromatic rings. The molecule has 29 heavy (non-hydrogen) atoms. The number of ether oxygens (including phenoxy) is 1. The number of carbonyl (C=O) groups is 1. The molecule has 4 heteroatoms. The first-order valence-corrected chi connectivity index (χ1v) is 9.92. The van der Waals surface area contributed by atoms with Gasteiger partial charge >= 0.3 is 6.09 Å². The number of nitrogens with one attached hydrogen (secondary N) is 1. The van der Waals surface area contributed by atoms with Gasteiger partial charge in [-0.3, -0.25) is 4.90 Å². The van der Waals surface area contributed by atoms with Crippen molar-refractivity contribution in [2.45, 2.75) is 25.6 Å². The highest BCUT2D eigenvalue weighted by Gasteiger charge is 2.21. The summed E-state index contributed by atoms with van der Waals surface area (Å²) in [7, 11) is 1.40. The molecule has 0 aliphatic heterocycles. The summed E-state index contributed by atoms with van der Waals surface area (Å²) in [5, 5.41) is 2.90. The van der Waals surface area contributed by atoms with Crippen molar-refractivity contribution in [2.75, 3.05) is 13.7 Å². The van der Waals surface area contributed by atoms with Gasteiger partial charge in [0.25, 0.3) is 0 Å². The minimum atomic E-state index is -0.401. The average molecular weight is 389 g/mol. The van der Waals surface area contributed by atoms with E-state index in [1.807, 2.05) is 18.2 Å². The van der Waals surface area contributed by atoms with Crippen molar-refractivity contribution in [3.05, 3.63) is 108 Å². The molecule has 0 bridgehead atoms. The molecule has 3 aromatic carbocycles. The van der Waals surface area contributed by atoms with E-state index >= 15 is 0 Å². The molecule has 1 atom stereocenters. The van der Waals surface area contributed by atoms with E-state index in [1.165, 1.54) is 23.8 Å². The maximum Gasteiger partial charge on any atom is 0.406 e. The molecule has 0 spiro atoms. The molecule has 0 fully saturated rings. The van der Waals surface area contributed by atoms with Crippen LogP contribution in [0.15, 0.2) is 91.0 Å². The van der Waals surface area contributed by atoms with Crippen molar-refractivity contribution in [3.63, 3.8) is 0 Å². The highest BCUT2D eigenvalue weighted by Crippen LogP contribution is 2.17. The molecule has 0 saturated carbocycles. The number of hydrogen-bond donors (Lipinski definition) is 1. The second kappa shape index (κ2) is 11.0. The zero-order valence-corrected chi connectivity index (χ0v) is 16.8. The van der Waals surface area contributed by atoms with Crippen LogP contribution in [0.5, 0.6) is 0 Å². The fraction of sp³-hybridized carbons (Fsp3) is 0.240. The van der Waals surface area contributed by atoms with Crippen LogP contribution in [0.25, 0.3) is 0 Å². The summed E-state index contributed by atoms with van der Waals surface area (Å²) < 4.78 is 4.80. The SMILES string of the molecule is COC(=O)NC[C@H](Cc1ccccc1)N(Cc1ccccc1)Cc1ccccc1. The van der Waals surface area contributed by atoms with E-state index in [1.54, 1.807) is 0 Å². The molecule has 0 heterocycles. The molecule has 0 radical (unpaired) electrons. The number of amides is 1. The van der Waals surface area contributed by atoms with Crippen LogP contribution in [-0.4, -0.2) is 30.7 Å². The van der Waals surface area contributed by atoms with Gasteiger partial charge in [0.2, 0.25) is 0 Å². The molecule has 0 unspecified atom stereocenters. The third-order valence-electron chi connectivity index (χ3n) is 4.95. The Kier molecular flexibility index (Phi) is 7.84. The lowest BCUT2D eigenvalue weighted by atomic mass is 10.0. The van der Waals surface area contributed by atoms with Gasteiger partial charge in [0.15, 0.2) is 0 Å². The number of rotatable bonds is 9. The number of methoxy groups -OCH3 is 1. The van der Waals surface area contributed by atoms with Crippen molar-refractivity contribution >= 4 is 6.09 Å². The highest BCUT2D eigenvalue weighted by molar-refractivity contribution is 5.66. The van der Waals surface area contributed by atoms with Crippen LogP contribution in [0.2, 0.25) is 0 Å². The summed E-state index contributed by atoms with van der Waals surface area (Å²) >= 11 is 0. The fourth-order valence-electron chi connectivity index (χ4n) is 3.44. The molecule has 0 saturated heterocycles. The summed E-state index contributed by atoms with van der Waals surface area (Å²) in [5.74, 6) is 0. The Morgan fingerprint density at radius 2 is 1.24 bits per heavy atom. The zero-order valence-electron chi connectivity index (χ0n) is 16.8.